The van der Waals surface area contributed by atoms with E-state index < -0.39 is 23.0 Å². The van der Waals surface area contributed by atoms with Gasteiger partial charge in [0.25, 0.3) is 0 Å². The largest absolute Gasteiger partial charge is 0.356 e. The van der Waals surface area contributed by atoms with E-state index in [1.807, 2.05) is 0 Å². The molecule has 0 saturated carbocycles. The number of aromatic nitrogens is 4. The van der Waals surface area contributed by atoms with Gasteiger partial charge in [0.1, 0.15) is 24.3 Å². The summed E-state index contributed by atoms with van der Waals surface area (Å²) in [7, 11) is 0. The van der Waals surface area contributed by atoms with Crippen LogP contribution in [0.1, 0.15) is 15.9 Å². The second-order valence-electron chi connectivity index (χ2n) is 5.31. The average molecular weight is 328 g/mol. The van der Waals surface area contributed by atoms with Crippen molar-refractivity contribution < 1.29 is 18.3 Å². The number of pyridine rings is 1. The van der Waals surface area contributed by atoms with Gasteiger partial charge in [0.05, 0.1) is 6.61 Å². The van der Waals surface area contributed by atoms with Crippen LogP contribution < -0.4 is 0 Å². The first-order valence-electron chi connectivity index (χ1n) is 7.05. The van der Waals surface area contributed by atoms with Crippen LogP contribution in [0.5, 0.6) is 0 Å². The molecule has 1 fully saturated rings. The number of ketones is 1. The highest BCUT2D eigenvalue weighted by atomic mass is 19.1. The molecule has 6 nitrogen and oxygen atoms in total. The Balaban J connectivity index is 1.66. The van der Waals surface area contributed by atoms with Crippen molar-refractivity contribution in [1.29, 1.82) is 0 Å². The van der Waals surface area contributed by atoms with Crippen molar-refractivity contribution in [1.82, 2.24) is 19.7 Å². The van der Waals surface area contributed by atoms with Crippen molar-refractivity contribution in [3.63, 3.8) is 0 Å². The molecule has 0 radical (unpaired) electrons. The lowest BCUT2D eigenvalue weighted by atomic mass is 9.91. The fraction of sp³-hybridized carbons (Fsp3) is 0.125. The molecule has 3 aromatic rings. The van der Waals surface area contributed by atoms with Gasteiger partial charge in [-0.3, -0.25) is 4.79 Å². The topological polar surface area (TPSA) is 73.2 Å². The molecule has 4 rings (SSSR count). The van der Waals surface area contributed by atoms with Gasteiger partial charge < -0.3 is 4.74 Å². The number of hydrogen-bond donors (Lipinski definition) is 0. The Bertz CT molecular complexity index is 906. The second-order valence-corrected chi connectivity index (χ2v) is 5.31. The molecular weight excluding hydrogens is 318 g/mol. The number of Topliss-reactive ketones (excluding diaryl/α,β-unsaturated/α-hetero) is 1. The summed E-state index contributed by atoms with van der Waals surface area (Å²) in [5.74, 6) is -1.46. The number of benzene rings is 1. The summed E-state index contributed by atoms with van der Waals surface area (Å²) in [6, 6.07) is 6.21. The SMILES string of the molecule is O=C(c1ccc(-n2cncn2)nc1)C1(c2ccc(F)cc2F)CO1. The van der Waals surface area contributed by atoms with Gasteiger partial charge in [-0.2, -0.15) is 5.10 Å². The van der Waals surface area contributed by atoms with E-state index in [0.717, 1.165) is 12.1 Å². The third kappa shape index (κ3) is 2.28. The second kappa shape index (κ2) is 5.27. The number of nitrogens with zero attached hydrogens (tertiary/aromatic N) is 4. The summed E-state index contributed by atoms with van der Waals surface area (Å²) in [6.07, 6.45) is 4.21. The van der Waals surface area contributed by atoms with Crippen LogP contribution in [0.4, 0.5) is 8.78 Å². The molecule has 0 spiro atoms. The van der Waals surface area contributed by atoms with E-state index in [1.165, 1.54) is 29.6 Å². The number of hydrogen-bond acceptors (Lipinski definition) is 5. The van der Waals surface area contributed by atoms with E-state index in [2.05, 4.69) is 15.1 Å². The zero-order valence-corrected chi connectivity index (χ0v) is 12.2. The van der Waals surface area contributed by atoms with Crippen LogP contribution in [0.2, 0.25) is 0 Å². The van der Waals surface area contributed by atoms with E-state index in [1.54, 1.807) is 12.1 Å². The van der Waals surface area contributed by atoms with Gasteiger partial charge in [0.15, 0.2) is 11.4 Å². The van der Waals surface area contributed by atoms with Crippen LogP contribution >= 0.6 is 0 Å². The Kier molecular flexibility index (Phi) is 3.20. The van der Waals surface area contributed by atoms with Gasteiger partial charge >= 0.3 is 0 Å². The van der Waals surface area contributed by atoms with Crippen molar-refractivity contribution in [2.75, 3.05) is 6.61 Å². The quantitative estimate of drug-likeness (QED) is 0.541. The summed E-state index contributed by atoms with van der Waals surface area (Å²) in [6.45, 7) is 0.0409. The van der Waals surface area contributed by atoms with Crippen molar-refractivity contribution in [3.8, 4) is 5.82 Å². The Morgan fingerprint density at radius 3 is 2.67 bits per heavy atom. The molecule has 24 heavy (non-hydrogen) atoms. The van der Waals surface area contributed by atoms with Crippen molar-refractivity contribution in [2.24, 2.45) is 0 Å². The molecule has 1 aliphatic heterocycles. The van der Waals surface area contributed by atoms with Gasteiger partial charge in [0.2, 0.25) is 5.78 Å². The Morgan fingerprint density at radius 2 is 2.08 bits per heavy atom. The van der Waals surface area contributed by atoms with Crippen LogP contribution in [0, 0.1) is 11.6 Å². The summed E-state index contributed by atoms with van der Waals surface area (Å²) < 4.78 is 33.8. The van der Waals surface area contributed by atoms with E-state index in [9.17, 15) is 13.6 Å². The first-order chi connectivity index (χ1) is 11.6. The Hall–Kier alpha value is -3.00. The van der Waals surface area contributed by atoms with Gasteiger partial charge in [-0.05, 0) is 24.3 Å². The van der Waals surface area contributed by atoms with Crippen LogP contribution in [0.3, 0.4) is 0 Å². The van der Waals surface area contributed by atoms with Crippen LogP contribution in [0.15, 0.2) is 49.2 Å². The van der Waals surface area contributed by atoms with Crippen molar-refractivity contribution >= 4 is 5.78 Å². The molecule has 0 amide bonds. The molecule has 8 heteroatoms. The molecule has 1 atom stereocenters. The third-order valence-corrected chi connectivity index (χ3v) is 3.83. The molecule has 1 aromatic carbocycles. The molecule has 1 aliphatic rings. The monoisotopic (exact) mass is 328 g/mol. The maximum absolute atomic E-state index is 14.0. The molecule has 0 N–H and O–H groups in total. The number of epoxide rings is 1. The summed E-state index contributed by atoms with van der Waals surface area (Å²) >= 11 is 0. The highest BCUT2D eigenvalue weighted by molar-refractivity contribution is 6.04. The van der Waals surface area contributed by atoms with Crippen molar-refractivity contribution in [3.05, 3.63) is 71.9 Å². The van der Waals surface area contributed by atoms with Crippen LogP contribution in [0.25, 0.3) is 5.82 Å². The predicted molar refractivity (Wildman–Crippen MR) is 77.5 cm³/mol. The smallest absolute Gasteiger partial charge is 0.203 e. The summed E-state index contributed by atoms with van der Waals surface area (Å²) in [4.78, 5) is 20.7. The zero-order chi connectivity index (χ0) is 16.7. The van der Waals surface area contributed by atoms with Crippen molar-refractivity contribution in [2.45, 2.75) is 5.60 Å². The molecular formula is C16H10F2N4O2. The lowest BCUT2D eigenvalue weighted by Gasteiger charge is -2.12. The number of carbonyl (C=O) groups is 1. The number of ether oxygens (including phenoxy) is 1. The zero-order valence-electron chi connectivity index (χ0n) is 12.2. The third-order valence-electron chi connectivity index (χ3n) is 3.83. The Labute approximate surface area is 134 Å². The highest BCUT2D eigenvalue weighted by Crippen LogP contribution is 2.43. The van der Waals surface area contributed by atoms with E-state index in [0.29, 0.717) is 5.82 Å². The number of halogens is 2. The summed E-state index contributed by atoms with van der Waals surface area (Å²) in [5, 5.41) is 3.94. The van der Waals surface area contributed by atoms with Gasteiger partial charge in [-0.25, -0.2) is 23.4 Å². The molecule has 2 aromatic heterocycles. The predicted octanol–water partition coefficient (Wildman–Crippen LogP) is 2.05. The standard InChI is InChI=1S/C16H10F2N4O2/c17-11-2-3-12(13(18)5-11)16(7-24-16)15(23)10-1-4-14(20-6-10)22-9-19-8-21-22/h1-6,8-9H,7H2. The number of rotatable bonds is 4. The molecule has 1 saturated heterocycles. The fourth-order valence-electron chi connectivity index (χ4n) is 2.51. The minimum Gasteiger partial charge on any atom is -0.356 e. The van der Waals surface area contributed by atoms with Crippen LogP contribution in [-0.2, 0) is 10.3 Å². The first kappa shape index (κ1) is 14.6. The molecule has 3 heterocycles. The average Bonchev–Trinajstić information content (AvgIpc) is 3.19. The maximum atomic E-state index is 14.0. The normalized spacial score (nSPS) is 19.2. The van der Waals surface area contributed by atoms with Gasteiger partial charge in [-0.15, -0.1) is 0 Å². The molecule has 0 aliphatic carbocycles. The minimum absolute atomic E-state index is 0.0225. The lowest BCUT2D eigenvalue weighted by molar-refractivity contribution is 0.0866. The van der Waals surface area contributed by atoms with Gasteiger partial charge in [0, 0.05) is 23.4 Å². The highest BCUT2D eigenvalue weighted by Gasteiger charge is 2.55. The Morgan fingerprint density at radius 1 is 1.25 bits per heavy atom. The van der Waals surface area contributed by atoms with E-state index in [-0.39, 0.29) is 17.7 Å². The maximum Gasteiger partial charge on any atom is 0.203 e. The summed E-state index contributed by atoms with van der Waals surface area (Å²) in [5.41, 5.74) is -1.12. The van der Waals surface area contributed by atoms with Crippen LogP contribution in [-0.4, -0.2) is 32.1 Å². The molecule has 120 valence electrons. The molecule has 0 bridgehead atoms. The number of carbonyl (C=O) groups excluding carboxylic acids is 1. The molecule has 1 unspecified atom stereocenters. The van der Waals surface area contributed by atoms with Gasteiger partial charge in [-0.1, -0.05) is 0 Å². The fourth-order valence-corrected chi connectivity index (χ4v) is 2.51. The first-order valence-corrected chi connectivity index (χ1v) is 7.05. The lowest BCUT2D eigenvalue weighted by Crippen LogP contribution is -2.24. The van der Waals surface area contributed by atoms with E-state index in [4.69, 9.17) is 4.74 Å². The minimum atomic E-state index is -1.41. The van der Waals surface area contributed by atoms with E-state index >= 15 is 0 Å².